The fourth-order valence-corrected chi connectivity index (χ4v) is 2.64. The molecule has 1 atom stereocenters. The molecule has 1 aromatic carbocycles. The van der Waals surface area contributed by atoms with E-state index in [0.29, 0.717) is 12.4 Å². The lowest BCUT2D eigenvalue weighted by atomic mass is 10.1. The molecule has 1 heterocycles. The molecule has 2 nitrogen and oxygen atoms in total. The Labute approximate surface area is 123 Å². The van der Waals surface area contributed by atoms with Crippen LogP contribution in [0, 0.1) is 5.82 Å². The second-order valence-electron chi connectivity index (χ2n) is 4.70. The van der Waals surface area contributed by atoms with Gasteiger partial charge in [-0.1, -0.05) is 25.1 Å². The van der Waals surface area contributed by atoms with Gasteiger partial charge in [0.1, 0.15) is 6.61 Å². The van der Waals surface area contributed by atoms with Crippen LogP contribution in [0.5, 0.6) is 5.75 Å². The lowest BCUT2D eigenvalue weighted by molar-refractivity contribution is 0.287. The predicted molar refractivity (Wildman–Crippen MR) is 81.8 cm³/mol. The highest BCUT2D eigenvalue weighted by atomic mass is 32.1. The van der Waals surface area contributed by atoms with E-state index in [1.165, 1.54) is 6.07 Å². The largest absolute Gasteiger partial charge is 0.485 e. The van der Waals surface area contributed by atoms with Crippen molar-refractivity contribution in [3.8, 4) is 5.75 Å². The molecule has 2 aromatic rings. The Morgan fingerprint density at radius 3 is 2.85 bits per heavy atom. The molecule has 0 aliphatic carbocycles. The van der Waals surface area contributed by atoms with Gasteiger partial charge in [-0.15, -0.1) is 11.3 Å². The van der Waals surface area contributed by atoms with Crippen molar-refractivity contribution in [3.05, 3.63) is 52.0 Å². The molecular weight excluding hydrogens is 273 g/mol. The molecule has 4 heteroatoms. The number of hydrogen-bond acceptors (Lipinski definition) is 3. The zero-order valence-corrected chi connectivity index (χ0v) is 12.7. The van der Waals surface area contributed by atoms with E-state index in [1.807, 2.05) is 30.5 Å². The van der Waals surface area contributed by atoms with Gasteiger partial charge in [-0.2, -0.15) is 0 Å². The molecule has 108 valence electrons. The van der Waals surface area contributed by atoms with Gasteiger partial charge < -0.3 is 10.1 Å². The molecule has 0 amide bonds. The zero-order chi connectivity index (χ0) is 14.4. The first-order chi connectivity index (χ1) is 9.72. The quantitative estimate of drug-likeness (QED) is 0.810. The molecule has 2 rings (SSSR count). The van der Waals surface area contributed by atoms with E-state index >= 15 is 0 Å². The average molecular weight is 293 g/mol. The van der Waals surface area contributed by atoms with Crippen LogP contribution in [0.1, 0.15) is 36.8 Å². The smallest absolute Gasteiger partial charge is 0.165 e. The molecule has 0 bridgehead atoms. The minimum absolute atomic E-state index is 0.0731. The van der Waals surface area contributed by atoms with Crippen LogP contribution in [0.25, 0.3) is 0 Å². The lowest BCUT2D eigenvalue weighted by Crippen LogP contribution is -2.20. The third-order valence-electron chi connectivity index (χ3n) is 3.10. The minimum Gasteiger partial charge on any atom is -0.485 e. The Balaban J connectivity index is 2.13. The average Bonchev–Trinajstić information content (AvgIpc) is 2.96. The van der Waals surface area contributed by atoms with Gasteiger partial charge in [-0.3, -0.25) is 0 Å². The van der Waals surface area contributed by atoms with Crippen LogP contribution in [-0.4, -0.2) is 6.54 Å². The predicted octanol–water partition coefficient (Wildman–Crippen LogP) is 4.53. The summed E-state index contributed by atoms with van der Waals surface area (Å²) >= 11 is 1.61. The first kappa shape index (κ1) is 15.0. The normalized spacial score (nSPS) is 12.3. The van der Waals surface area contributed by atoms with Gasteiger partial charge in [0.25, 0.3) is 0 Å². The molecule has 0 spiro atoms. The summed E-state index contributed by atoms with van der Waals surface area (Å²) in [6.07, 6.45) is 1.05. The Morgan fingerprint density at radius 1 is 1.30 bits per heavy atom. The van der Waals surface area contributed by atoms with Gasteiger partial charge >= 0.3 is 0 Å². The van der Waals surface area contributed by atoms with Crippen molar-refractivity contribution in [3.63, 3.8) is 0 Å². The summed E-state index contributed by atoms with van der Waals surface area (Å²) in [5.41, 5.74) is 0.870. The topological polar surface area (TPSA) is 21.3 Å². The van der Waals surface area contributed by atoms with Gasteiger partial charge in [0, 0.05) is 16.5 Å². The number of hydrogen-bond donors (Lipinski definition) is 1. The second kappa shape index (κ2) is 7.41. The summed E-state index contributed by atoms with van der Waals surface area (Å²) in [7, 11) is 0. The summed E-state index contributed by atoms with van der Waals surface area (Å²) in [6, 6.07) is 9.12. The number of benzene rings is 1. The molecule has 1 aromatic heterocycles. The first-order valence-corrected chi connectivity index (χ1v) is 7.77. The van der Waals surface area contributed by atoms with Crippen LogP contribution in [-0.2, 0) is 6.61 Å². The zero-order valence-electron chi connectivity index (χ0n) is 11.9. The van der Waals surface area contributed by atoms with Crippen LogP contribution >= 0.6 is 11.3 Å². The van der Waals surface area contributed by atoms with Crippen LogP contribution < -0.4 is 10.1 Å². The van der Waals surface area contributed by atoms with Gasteiger partial charge in [0.15, 0.2) is 11.6 Å². The van der Waals surface area contributed by atoms with Crippen LogP contribution in [0.15, 0.2) is 35.7 Å². The maximum atomic E-state index is 14.0. The Bertz CT molecular complexity index is 527. The highest BCUT2D eigenvalue weighted by molar-refractivity contribution is 7.09. The van der Waals surface area contributed by atoms with Gasteiger partial charge in [-0.25, -0.2) is 4.39 Å². The summed E-state index contributed by atoms with van der Waals surface area (Å²) < 4.78 is 19.7. The molecule has 0 aliphatic heterocycles. The van der Waals surface area contributed by atoms with E-state index in [-0.39, 0.29) is 11.9 Å². The summed E-state index contributed by atoms with van der Waals surface area (Å²) in [4.78, 5) is 1.09. The standard InChI is InChI=1S/C16H20FNOS/c1-3-9-18-12(2)14-7-4-8-15(17)16(14)19-11-13-6-5-10-20-13/h4-8,10,12,18H,3,9,11H2,1-2H3. The molecule has 1 N–H and O–H groups in total. The van der Waals surface area contributed by atoms with Crippen molar-refractivity contribution < 1.29 is 9.13 Å². The monoisotopic (exact) mass is 293 g/mol. The van der Waals surface area contributed by atoms with Crippen molar-refractivity contribution in [1.29, 1.82) is 0 Å². The number of halogens is 1. The minimum atomic E-state index is -0.302. The van der Waals surface area contributed by atoms with Crippen molar-refractivity contribution in [2.45, 2.75) is 32.9 Å². The number of nitrogens with one attached hydrogen (secondary N) is 1. The third kappa shape index (κ3) is 3.81. The molecule has 20 heavy (non-hydrogen) atoms. The van der Waals surface area contributed by atoms with E-state index in [2.05, 4.69) is 12.2 Å². The number of para-hydroxylation sites is 1. The van der Waals surface area contributed by atoms with Gasteiger partial charge in [-0.05, 0) is 37.4 Å². The van der Waals surface area contributed by atoms with E-state index in [0.717, 1.165) is 23.4 Å². The van der Waals surface area contributed by atoms with E-state index in [9.17, 15) is 4.39 Å². The Kier molecular flexibility index (Phi) is 5.56. The molecule has 0 fully saturated rings. The summed E-state index contributed by atoms with van der Waals surface area (Å²) in [6.45, 7) is 5.45. The first-order valence-electron chi connectivity index (χ1n) is 6.89. The number of rotatable bonds is 7. The maximum absolute atomic E-state index is 14.0. The third-order valence-corrected chi connectivity index (χ3v) is 3.95. The van der Waals surface area contributed by atoms with E-state index in [1.54, 1.807) is 17.4 Å². The molecule has 0 saturated heterocycles. The lowest BCUT2D eigenvalue weighted by Gasteiger charge is -2.18. The van der Waals surface area contributed by atoms with Crippen molar-refractivity contribution >= 4 is 11.3 Å². The van der Waals surface area contributed by atoms with Gasteiger partial charge in [0.05, 0.1) is 0 Å². The fraction of sp³-hybridized carbons (Fsp3) is 0.375. The van der Waals surface area contributed by atoms with Crippen LogP contribution in [0.2, 0.25) is 0 Å². The van der Waals surface area contributed by atoms with E-state index in [4.69, 9.17) is 4.74 Å². The number of thiophene rings is 1. The van der Waals surface area contributed by atoms with Crippen molar-refractivity contribution in [1.82, 2.24) is 5.32 Å². The van der Waals surface area contributed by atoms with Crippen LogP contribution in [0.4, 0.5) is 4.39 Å². The Morgan fingerprint density at radius 2 is 2.15 bits per heavy atom. The number of ether oxygens (including phenoxy) is 1. The van der Waals surface area contributed by atoms with Gasteiger partial charge in [0.2, 0.25) is 0 Å². The van der Waals surface area contributed by atoms with Crippen molar-refractivity contribution in [2.75, 3.05) is 6.54 Å². The molecular formula is C16H20FNOS. The molecule has 0 aliphatic rings. The fourth-order valence-electron chi connectivity index (χ4n) is 2.03. The van der Waals surface area contributed by atoms with Crippen molar-refractivity contribution in [2.24, 2.45) is 0 Å². The molecule has 1 unspecified atom stereocenters. The summed E-state index contributed by atoms with van der Waals surface area (Å²) in [5, 5.41) is 5.36. The maximum Gasteiger partial charge on any atom is 0.165 e. The SMILES string of the molecule is CCCNC(C)c1cccc(F)c1OCc1cccs1. The Hall–Kier alpha value is -1.39. The van der Waals surface area contributed by atoms with E-state index < -0.39 is 0 Å². The highest BCUT2D eigenvalue weighted by Crippen LogP contribution is 2.29. The second-order valence-corrected chi connectivity index (χ2v) is 5.73. The summed E-state index contributed by atoms with van der Waals surface area (Å²) in [5.74, 6) is 0.0567. The molecule has 0 radical (unpaired) electrons. The molecule has 0 saturated carbocycles. The highest BCUT2D eigenvalue weighted by Gasteiger charge is 2.15. The van der Waals surface area contributed by atoms with Crippen LogP contribution in [0.3, 0.4) is 0 Å².